The van der Waals surface area contributed by atoms with Crippen LogP contribution in [0.4, 0.5) is 5.13 Å². The maximum Gasteiger partial charge on any atom is 0.185 e. The highest BCUT2D eigenvalue weighted by molar-refractivity contribution is 7.15. The van der Waals surface area contributed by atoms with Crippen LogP contribution in [-0.4, -0.2) is 37.9 Å². The zero-order valence-corrected chi connectivity index (χ0v) is 8.63. The monoisotopic (exact) mass is 212 g/mol. The highest BCUT2D eigenvalue weighted by Crippen LogP contribution is 2.36. The number of anilines is 1. The van der Waals surface area contributed by atoms with Gasteiger partial charge in [-0.3, -0.25) is 0 Å². The van der Waals surface area contributed by atoms with Crippen LogP contribution in [0.3, 0.4) is 0 Å². The molecule has 76 valence electrons. The van der Waals surface area contributed by atoms with E-state index in [9.17, 15) is 0 Å². The summed E-state index contributed by atoms with van der Waals surface area (Å²) in [5, 5.41) is 1.11. The molecule has 1 aromatic heterocycles. The van der Waals surface area contributed by atoms with Gasteiger partial charge in [-0.1, -0.05) is 11.3 Å². The average Bonchev–Trinajstić information content (AvgIpc) is 2.98. The SMILES string of the molecule is c1nc(N2CCOCC2)sc1[C@H]1CO1. The van der Waals surface area contributed by atoms with Gasteiger partial charge in [0.15, 0.2) is 5.13 Å². The first-order chi connectivity index (χ1) is 6.93. The highest BCUT2D eigenvalue weighted by atomic mass is 32.1. The van der Waals surface area contributed by atoms with Crippen LogP contribution in [-0.2, 0) is 9.47 Å². The number of nitrogens with zero attached hydrogens (tertiary/aromatic N) is 2. The first-order valence-corrected chi connectivity index (χ1v) is 5.65. The molecule has 5 heteroatoms. The Hall–Kier alpha value is -0.650. The van der Waals surface area contributed by atoms with E-state index >= 15 is 0 Å². The summed E-state index contributed by atoms with van der Waals surface area (Å²) in [5.41, 5.74) is 0. The quantitative estimate of drug-likeness (QED) is 0.687. The van der Waals surface area contributed by atoms with Crippen molar-refractivity contribution in [1.29, 1.82) is 0 Å². The van der Waals surface area contributed by atoms with E-state index in [2.05, 4.69) is 9.88 Å². The van der Waals surface area contributed by atoms with Gasteiger partial charge in [0.1, 0.15) is 6.10 Å². The molecule has 1 atom stereocenters. The maximum atomic E-state index is 5.30. The van der Waals surface area contributed by atoms with Crippen molar-refractivity contribution >= 4 is 16.5 Å². The second kappa shape index (κ2) is 3.49. The fraction of sp³-hybridized carbons (Fsp3) is 0.667. The second-order valence-corrected chi connectivity index (χ2v) is 4.51. The lowest BCUT2D eigenvalue weighted by Gasteiger charge is -2.25. The Morgan fingerprint density at radius 2 is 2.21 bits per heavy atom. The zero-order valence-electron chi connectivity index (χ0n) is 7.81. The third-order valence-corrected chi connectivity index (χ3v) is 3.59. The number of epoxide rings is 1. The van der Waals surface area contributed by atoms with E-state index in [-0.39, 0.29) is 0 Å². The number of hydrogen-bond donors (Lipinski definition) is 0. The predicted molar refractivity (Wildman–Crippen MR) is 53.8 cm³/mol. The van der Waals surface area contributed by atoms with E-state index < -0.39 is 0 Å². The number of aromatic nitrogens is 1. The van der Waals surface area contributed by atoms with Crippen molar-refractivity contribution in [3.8, 4) is 0 Å². The molecule has 3 rings (SSSR count). The molecule has 3 heterocycles. The highest BCUT2D eigenvalue weighted by Gasteiger charge is 2.28. The van der Waals surface area contributed by atoms with Crippen molar-refractivity contribution in [1.82, 2.24) is 4.98 Å². The third kappa shape index (κ3) is 1.63. The lowest BCUT2D eigenvalue weighted by Crippen LogP contribution is -2.36. The van der Waals surface area contributed by atoms with Gasteiger partial charge in [0, 0.05) is 19.3 Å². The molecule has 2 saturated heterocycles. The standard InChI is InChI=1S/C9H12N2O2S/c1-3-12-4-2-11(1)9-10-5-8(14-9)7-6-13-7/h5,7H,1-4,6H2/t7-/m1/s1. The lowest BCUT2D eigenvalue weighted by molar-refractivity contribution is 0.122. The molecule has 2 fully saturated rings. The van der Waals surface area contributed by atoms with Crippen molar-refractivity contribution < 1.29 is 9.47 Å². The van der Waals surface area contributed by atoms with Gasteiger partial charge in [0.2, 0.25) is 0 Å². The van der Waals surface area contributed by atoms with Crippen molar-refractivity contribution in [2.75, 3.05) is 37.8 Å². The maximum absolute atomic E-state index is 5.30. The van der Waals surface area contributed by atoms with Gasteiger partial charge in [0.05, 0.1) is 24.7 Å². The summed E-state index contributed by atoms with van der Waals surface area (Å²) in [6.07, 6.45) is 2.27. The Labute approximate surface area is 86.5 Å². The molecule has 0 N–H and O–H groups in total. The summed E-state index contributed by atoms with van der Waals surface area (Å²) in [5.74, 6) is 0. The number of thiazole rings is 1. The van der Waals surface area contributed by atoms with Crippen molar-refractivity contribution in [2.45, 2.75) is 6.10 Å². The number of hydrogen-bond acceptors (Lipinski definition) is 5. The number of morpholine rings is 1. The van der Waals surface area contributed by atoms with Gasteiger partial charge in [-0.25, -0.2) is 4.98 Å². The second-order valence-electron chi connectivity index (χ2n) is 3.47. The molecule has 0 spiro atoms. The predicted octanol–water partition coefficient (Wildman–Crippen LogP) is 1.05. The van der Waals surface area contributed by atoms with Crippen LogP contribution < -0.4 is 4.90 Å². The van der Waals surface area contributed by atoms with Gasteiger partial charge >= 0.3 is 0 Å². The summed E-state index contributed by atoms with van der Waals surface area (Å²) in [4.78, 5) is 7.94. The minimum atomic E-state index is 0.335. The minimum Gasteiger partial charge on any atom is -0.378 e. The Balaban J connectivity index is 1.74. The van der Waals surface area contributed by atoms with Crippen LogP contribution in [0.5, 0.6) is 0 Å². The molecule has 2 aliphatic heterocycles. The van der Waals surface area contributed by atoms with Crippen LogP contribution in [0, 0.1) is 0 Å². The molecule has 1 aromatic rings. The lowest BCUT2D eigenvalue weighted by atomic mass is 10.4. The van der Waals surface area contributed by atoms with Crippen LogP contribution in [0.25, 0.3) is 0 Å². The largest absolute Gasteiger partial charge is 0.378 e. The fourth-order valence-electron chi connectivity index (χ4n) is 1.54. The zero-order chi connectivity index (χ0) is 9.38. The minimum absolute atomic E-state index is 0.335. The smallest absolute Gasteiger partial charge is 0.185 e. The molecule has 4 nitrogen and oxygen atoms in total. The van der Waals surface area contributed by atoms with Gasteiger partial charge in [-0.15, -0.1) is 0 Å². The van der Waals surface area contributed by atoms with Crippen LogP contribution in [0.1, 0.15) is 11.0 Å². The molecule has 14 heavy (non-hydrogen) atoms. The molecular weight excluding hydrogens is 200 g/mol. The molecule has 0 unspecified atom stereocenters. The summed E-state index contributed by atoms with van der Waals surface area (Å²) < 4.78 is 10.5. The summed E-state index contributed by atoms with van der Waals surface area (Å²) in [6.45, 7) is 4.41. The number of ether oxygens (including phenoxy) is 2. The van der Waals surface area contributed by atoms with E-state index in [1.54, 1.807) is 11.3 Å². The normalized spacial score (nSPS) is 26.6. The van der Waals surface area contributed by atoms with Gasteiger partial charge < -0.3 is 14.4 Å². The van der Waals surface area contributed by atoms with Crippen molar-refractivity contribution in [2.24, 2.45) is 0 Å². The molecular formula is C9H12N2O2S. The Bertz CT molecular complexity index is 318. The molecule has 0 aliphatic carbocycles. The number of rotatable bonds is 2. The van der Waals surface area contributed by atoms with Gasteiger partial charge in [0.25, 0.3) is 0 Å². The van der Waals surface area contributed by atoms with Gasteiger partial charge in [-0.2, -0.15) is 0 Å². The van der Waals surface area contributed by atoms with E-state index in [0.717, 1.165) is 38.0 Å². The Morgan fingerprint density at radius 1 is 1.43 bits per heavy atom. The Kier molecular flexibility index (Phi) is 2.15. The first-order valence-electron chi connectivity index (χ1n) is 4.83. The topological polar surface area (TPSA) is 37.9 Å². The molecule has 2 aliphatic rings. The van der Waals surface area contributed by atoms with Crippen molar-refractivity contribution in [3.05, 3.63) is 11.1 Å². The Morgan fingerprint density at radius 3 is 2.93 bits per heavy atom. The third-order valence-electron chi connectivity index (χ3n) is 2.44. The van der Waals surface area contributed by atoms with E-state index in [0.29, 0.717) is 6.10 Å². The van der Waals surface area contributed by atoms with E-state index in [1.165, 1.54) is 4.88 Å². The summed E-state index contributed by atoms with van der Waals surface area (Å²) in [6, 6.07) is 0. The molecule has 0 saturated carbocycles. The molecule has 0 bridgehead atoms. The van der Waals surface area contributed by atoms with Crippen LogP contribution in [0.2, 0.25) is 0 Å². The molecule has 0 aromatic carbocycles. The van der Waals surface area contributed by atoms with Crippen LogP contribution >= 0.6 is 11.3 Å². The average molecular weight is 212 g/mol. The molecule has 0 amide bonds. The van der Waals surface area contributed by atoms with Crippen LogP contribution in [0.15, 0.2) is 6.20 Å². The molecule has 0 radical (unpaired) electrons. The summed E-state index contributed by atoms with van der Waals surface area (Å²) in [7, 11) is 0. The van der Waals surface area contributed by atoms with Crippen molar-refractivity contribution in [3.63, 3.8) is 0 Å². The van der Waals surface area contributed by atoms with E-state index in [4.69, 9.17) is 9.47 Å². The fourth-order valence-corrected chi connectivity index (χ4v) is 2.54. The van der Waals surface area contributed by atoms with E-state index in [1.807, 2.05) is 6.20 Å². The first kappa shape index (κ1) is 8.64. The summed E-state index contributed by atoms with van der Waals surface area (Å²) >= 11 is 1.74. The van der Waals surface area contributed by atoms with Gasteiger partial charge in [-0.05, 0) is 0 Å².